The Morgan fingerprint density at radius 3 is 2.59 bits per heavy atom. The van der Waals surface area contributed by atoms with Crippen molar-refractivity contribution < 1.29 is 9.53 Å². The molecule has 2 rings (SSSR count). The molecule has 0 bridgehead atoms. The van der Waals surface area contributed by atoms with E-state index in [-0.39, 0.29) is 30.5 Å². The molecule has 2 fully saturated rings. The van der Waals surface area contributed by atoms with Crippen molar-refractivity contribution in [3.63, 3.8) is 0 Å². The van der Waals surface area contributed by atoms with E-state index in [0.29, 0.717) is 18.4 Å². The van der Waals surface area contributed by atoms with Gasteiger partial charge in [-0.05, 0) is 32.9 Å². The monoisotopic (exact) mass is 262 g/mol. The molecule has 2 saturated heterocycles. The van der Waals surface area contributed by atoms with Crippen LogP contribution in [-0.4, -0.2) is 49.2 Å². The molecule has 0 aromatic heterocycles. The maximum absolute atomic E-state index is 12.3. The quantitative estimate of drug-likeness (QED) is 0.804. The van der Waals surface area contributed by atoms with Crippen molar-refractivity contribution in [1.82, 2.24) is 10.2 Å². The molecule has 3 atom stereocenters. The lowest BCUT2D eigenvalue weighted by Gasteiger charge is -2.41. The number of morpholine rings is 1. The molecule has 100 valence electrons. The van der Waals surface area contributed by atoms with Crippen LogP contribution in [0.1, 0.15) is 20.8 Å². The van der Waals surface area contributed by atoms with Crippen LogP contribution in [0.15, 0.2) is 0 Å². The minimum Gasteiger partial charge on any atom is -0.375 e. The Hall–Kier alpha value is -0.320. The minimum absolute atomic E-state index is 0. The number of halogens is 1. The van der Waals surface area contributed by atoms with E-state index >= 15 is 0 Å². The highest BCUT2D eigenvalue weighted by atomic mass is 35.5. The van der Waals surface area contributed by atoms with Gasteiger partial charge in [-0.15, -0.1) is 12.4 Å². The fourth-order valence-corrected chi connectivity index (χ4v) is 2.34. The van der Waals surface area contributed by atoms with Crippen molar-refractivity contribution in [3.05, 3.63) is 0 Å². The highest BCUT2D eigenvalue weighted by Crippen LogP contribution is 2.21. The molecule has 3 unspecified atom stereocenters. The lowest BCUT2D eigenvalue weighted by molar-refractivity contribution is -0.149. The minimum atomic E-state index is 0. The number of hydrogen-bond acceptors (Lipinski definition) is 3. The molecule has 0 radical (unpaired) electrons. The summed E-state index contributed by atoms with van der Waals surface area (Å²) < 4.78 is 5.54. The zero-order valence-electron chi connectivity index (χ0n) is 10.8. The second-order valence-corrected chi connectivity index (χ2v) is 5.19. The number of hydrogen-bond donors (Lipinski definition) is 1. The van der Waals surface area contributed by atoms with Crippen molar-refractivity contribution in [2.24, 2.45) is 11.8 Å². The lowest BCUT2D eigenvalue weighted by atomic mass is 9.87. The number of carbonyl (C=O) groups is 1. The van der Waals surface area contributed by atoms with Gasteiger partial charge in [0.15, 0.2) is 0 Å². The van der Waals surface area contributed by atoms with Crippen molar-refractivity contribution in [3.8, 4) is 0 Å². The van der Waals surface area contributed by atoms with Gasteiger partial charge in [-0.1, -0.05) is 6.92 Å². The molecule has 0 aromatic rings. The third kappa shape index (κ3) is 3.12. The Kier molecular flexibility index (Phi) is 5.22. The van der Waals surface area contributed by atoms with Gasteiger partial charge in [-0.2, -0.15) is 0 Å². The van der Waals surface area contributed by atoms with Gasteiger partial charge in [0, 0.05) is 12.5 Å². The first-order valence-corrected chi connectivity index (χ1v) is 6.22. The van der Waals surface area contributed by atoms with Crippen molar-refractivity contribution in [1.29, 1.82) is 0 Å². The van der Waals surface area contributed by atoms with Crippen LogP contribution < -0.4 is 5.32 Å². The van der Waals surface area contributed by atoms with Crippen LogP contribution in [0.3, 0.4) is 0 Å². The van der Waals surface area contributed by atoms with Crippen molar-refractivity contribution >= 4 is 18.3 Å². The summed E-state index contributed by atoms with van der Waals surface area (Å²) in [5.74, 6) is 0.973. The van der Waals surface area contributed by atoms with Gasteiger partial charge >= 0.3 is 0 Å². The van der Waals surface area contributed by atoms with Gasteiger partial charge in [0.1, 0.15) is 0 Å². The Labute approximate surface area is 109 Å². The molecule has 0 aliphatic carbocycles. The molecule has 2 heterocycles. The van der Waals surface area contributed by atoms with Gasteiger partial charge in [0.25, 0.3) is 0 Å². The predicted molar refractivity (Wildman–Crippen MR) is 69.4 cm³/mol. The van der Waals surface area contributed by atoms with E-state index in [9.17, 15) is 4.79 Å². The van der Waals surface area contributed by atoms with E-state index in [1.807, 2.05) is 11.8 Å². The van der Waals surface area contributed by atoms with E-state index in [1.54, 1.807) is 0 Å². The Balaban J connectivity index is 0.00000144. The maximum atomic E-state index is 12.3. The fraction of sp³-hybridized carbons (Fsp3) is 0.917. The molecule has 1 N–H and O–H groups in total. The lowest BCUT2D eigenvalue weighted by Crippen LogP contribution is -2.55. The number of rotatable bonds is 2. The third-order valence-electron chi connectivity index (χ3n) is 3.80. The summed E-state index contributed by atoms with van der Waals surface area (Å²) in [6.07, 6.45) is 0.173. The van der Waals surface area contributed by atoms with E-state index in [4.69, 9.17) is 4.74 Å². The molecule has 1 amide bonds. The normalized spacial score (nSPS) is 31.4. The first-order valence-electron chi connectivity index (χ1n) is 6.22. The first kappa shape index (κ1) is 14.7. The molecule has 2 aliphatic heterocycles. The van der Waals surface area contributed by atoms with E-state index < -0.39 is 0 Å². The molecule has 0 aromatic carbocycles. The molecular weight excluding hydrogens is 240 g/mol. The van der Waals surface area contributed by atoms with Crippen LogP contribution in [0.2, 0.25) is 0 Å². The van der Waals surface area contributed by atoms with Crippen molar-refractivity contribution in [2.75, 3.05) is 26.2 Å². The summed E-state index contributed by atoms with van der Waals surface area (Å²) in [7, 11) is 0. The smallest absolute Gasteiger partial charge is 0.226 e. The predicted octanol–water partition coefficient (Wildman–Crippen LogP) is 0.899. The Bertz CT molecular complexity index is 271. The van der Waals surface area contributed by atoms with Gasteiger partial charge in [0.05, 0.1) is 18.8 Å². The van der Waals surface area contributed by atoms with Crippen LogP contribution in [0, 0.1) is 11.8 Å². The van der Waals surface area contributed by atoms with E-state index in [1.165, 1.54) is 0 Å². The molecule has 0 spiro atoms. The zero-order valence-corrected chi connectivity index (χ0v) is 11.6. The second kappa shape index (κ2) is 6.03. The average molecular weight is 263 g/mol. The Morgan fingerprint density at radius 1 is 1.41 bits per heavy atom. The molecule has 4 nitrogen and oxygen atoms in total. The summed E-state index contributed by atoms with van der Waals surface area (Å²) in [6.45, 7) is 9.54. The van der Waals surface area contributed by atoms with Gasteiger partial charge < -0.3 is 15.0 Å². The van der Waals surface area contributed by atoms with Crippen LogP contribution >= 0.6 is 12.4 Å². The summed E-state index contributed by atoms with van der Waals surface area (Å²) in [5.41, 5.74) is 0. The number of nitrogens with one attached hydrogen (secondary N) is 1. The fourth-order valence-electron chi connectivity index (χ4n) is 2.34. The summed E-state index contributed by atoms with van der Waals surface area (Å²) in [6, 6.07) is 0.221. The highest BCUT2D eigenvalue weighted by Gasteiger charge is 2.35. The topological polar surface area (TPSA) is 41.6 Å². The first-order chi connectivity index (χ1) is 7.59. The number of ether oxygens (including phenoxy) is 1. The highest BCUT2D eigenvalue weighted by molar-refractivity contribution is 5.85. The SMILES string of the molecule is CC1CN(C(=O)C(C)C2CNC2)C(C)CO1.Cl. The number of nitrogens with zero attached hydrogens (tertiary/aromatic N) is 1. The standard InChI is InChI=1S/C12H22N2O2.ClH/c1-8-7-16-9(2)6-14(8)12(15)10(3)11-4-13-5-11;/h8-11,13H,4-7H2,1-3H3;1H. The number of carbonyl (C=O) groups excluding carboxylic acids is 1. The zero-order chi connectivity index (χ0) is 11.7. The maximum Gasteiger partial charge on any atom is 0.226 e. The molecule has 0 saturated carbocycles. The van der Waals surface area contributed by atoms with E-state index in [2.05, 4.69) is 19.2 Å². The average Bonchev–Trinajstić information content (AvgIpc) is 2.18. The summed E-state index contributed by atoms with van der Waals surface area (Å²) in [5, 5.41) is 3.22. The van der Waals surface area contributed by atoms with Crippen LogP contribution in [0.5, 0.6) is 0 Å². The van der Waals surface area contributed by atoms with Gasteiger partial charge in [0.2, 0.25) is 5.91 Å². The summed E-state index contributed by atoms with van der Waals surface area (Å²) in [4.78, 5) is 14.3. The second-order valence-electron chi connectivity index (χ2n) is 5.19. The third-order valence-corrected chi connectivity index (χ3v) is 3.80. The molecule has 5 heteroatoms. The van der Waals surface area contributed by atoms with Crippen LogP contribution in [0.25, 0.3) is 0 Å². The summed E-state index contributed by atoms with van der Waals surface area (Å²) >= 11 is 0. The van der Waals surface area contributed by atoms with E-state index in [0.717, 1.165) is 19.6 Å². The van der Waals surface area contributed by atoms with Gasteiger partial charge in [-0.3, -0.25) is 4.79 Å². The van der Waals surface area contributed by atoms with Crippen LogP contribution in [0.4, 0.5) is 0 Å². The van der Waals surface area contributed by atoms with Crippen molar-refractivity contribution in [2.45, 2.75) is 32.9 Å². The van der Waals surface area contributed by atoms with Gasteiger partial charge in [-0.25, -0.2) is 0 Å². The molecular formula is C12H23ClN2O2. The number of amides is 1. The molecule has 2 aliphatic rings. The van der Waals surface area contributed by atoms with Crippen LogP contribution in [-0.2, 0) is 9.53 Å². The largest absolute Gasteiger partial charge is 0.375 e. The molecule has 17 heavy (non-hydrogen) atoms. The Morgan fingerprint density at radius 2 is 2.06 bits per heavy atom.